The van der Waals surface area contributed by atoms with E-state index in [0.717, 1.165) is 21.7 Å². The van der Waals surface area contributed by atoms with Gasteiger partial charge in [-0.05, 0) is 64.1 Å². The third-order valence-corrected chi connectivity index (χ3v) is 8.10. The molecule has 1 aromatic heterocycles. The van der Waals surface area contributed by atoms with Crippen molar-refractivity contribution in [3.05, 3.63) is 41.0 Å². The van der Waals surface area contributed by atoms with Crippen LogP contribution in [0.15, 0.2) is 29.8 Å². The van der Waals surface area contributed by atoms with Gasteiger partial charge >= 0.3 is 6.09 Å². The fourth-order valence-electron chi connectivity index (χ4n) is 4.97. The van der Waals surface area contributed by atoms with E-state index in [1.54, 1.807) is 32.1 Å². The zero-order valence-corrected chi connectivity index (χ0v) is 26.9. The van der Waals surface area contributed by atoms with Crippen molar-refractivity contribution in [2.45, 2.75) is 98.1 Å². The molecule has 232 valence electrons. The average Bonchev–Trinajstić information content (AvgIpc) is 3.49. The van der Waals surface area contributed by atoms with E-state index in [9.17, 15) is 19.5 Å². The molecule has 1 fully saturated rings. The minimum absolute atomic E-state index is 0.0999. The number of hydrogen-bond acceptors (Lipinski definition) is 8. The Hall–Kier alpha value is -3.02. The highest BCUT2D eigenvalue weighted by molar-refractivity contribution is 7.13. The summed E-state index contributed by atoms with van der Waals surface area (Å²) in [6, 6.07) is 6.39. The standard InChI is InChI=1S/C31H47N5O5S/c1-19(21-10-12-22(13-11-21)25-20(2)34-18-42-25)35-27(38)24-16-23(37)17-36(24)28(39)26(30(3,4)5)32-14-9-15-33-29(40)41-31(6,7)8/h10-13,18-19,23-24,26,32,37H,9,14-17H2,1-8H3,(H,33,40)(H,35,38)/t19-,23+,24-,26+/m0/s1. The van der Waals surface area contributed by atoms with Crippen molar-refractivity contribution in [2.24, 2.45) is 5.41 Å². The molecule has 4 N–H and O–H groups in total. The van der Waals surface area contributed by atoms with Crippen LogP contribution in [0.3, 0.4) is 0 Å². The lowest BCUT2D eigenvalue weighted by atomic mass is 9.85. The van der Waals surface area contributed by atoms with Crippen LogP contribution >= 0.6 is 11.3 Å². The number of aromatic nitrogens is 1. The number of hydrogen-bond donors (Lipinski definition) is 4. The summed E-state index contributed by atoms with van der Waals surface area (Å²) < 4.78 is 5.26. The van der Waals surface area contributed by atoms with Gasteiger partial charge in [-0.15, -0.1) is 11.3 Å². The van der Waals surface area contributed by atoms with Crippen molar-refractivity contribution in [1.29, 1.82) is 0 Å². The monoisotopic (exact) mass is 601 g/mol. The number of alkyl carbamates (subject to hydrolysis) is 1. The lowest BCUT2D eigenvalue weighted by molar-refractivity contribution is -0.142. The molecule has 0 spiro atoms. The molecule has 1 aliphatic rings. The SMILES string of the molecule is Cc1ncsc1-c1ccc([C@H](C)NC(=O)[C@@H]2C[C@@H](O)CN2C(=O)[C@@H](NCCCNC(=O)OC(C)(C)C)C(C)(C)C)cc1. The van der Waals surface area contributed by atoms with Crippen LogP contribution in [0.2, 0.25) is 0 Å². The molecule has 3 amide bonds. The summed E-state index contributed by atoms with van der Waals surface area (Å²) in [5.74, 6) is -0.514. The van der Waals surface area contributed by atoms with Crippen molar-refractivity contribution in [3.63, 3.8) is 0 Å². The first-order valence-electron chi connectivity index (χ1n) is 14.6. The minimum atomic E-state index is -0.777. The number of ether oxygens (including phenoxy) is 1. The number of likely N-dealkylation sites (tertiary alicyclic amines) is 1. The molecule has 3 rings (SSSR count). The molecule has 4 atom stereocenters. The summed E-state index contributed by atoms with van der Waals surface area (Å²) >= 11 is 1.59. The van der Waals surface area contributed by atoms with Crippen LogP contribution in [0.4, 0.5) is 4.79 Å². The second-order valence-corrected chi connectivity index (χ2v) is 13.9. The van der Waals surface area contributed by atoms with E-state index >= 15 is 0 Å². The van der Waals surface area contributed by atoms with E-state index in [0.29, 0.717) is 19.5 Å². The number of aliphatic hydroxyl groups is 1. The highest BCUT2D eigenvalue weighted by Gasteiger charge is 2.44. The molecule has 0 aliphatic carbocycles. The molecule has 0 radical (unpaired) electrons. The van der Waals surface area contributed by atoms with Crippen molar-refractivity contribution in [2.75, 3.05) is 19.6 Å². The molecule has 0 bridgehead atoms. The third-order valence-electron chi connectivity index (χ3n) is 7.13. The molecular formula is C31H47N5O5S. The van der Waals surface area contributed by atoms with E-state index < -0.39 is 35.3 Å². The van der Waals surface area contributed by atoms with Gasteiger partial charge in [-0.1, -0.05) is 45.0 Å². The van der Waals surface area contributed by atoms with Gasteiger partial charge in [0.25, 0.3) is 0 Å². The molecule has 1 aromatic carbocycles. The Morgan fingerprint density at radius 3 is 2.36 bits per heavy atom. The van der Waals surface area contributed by atoms with E-state index in [4.69, 9.17) is 4.74 Å². The lowest BCUT2D eigenvalue weighted by Gasteiger charge is -2.35. The van der Waals surface area contributed by atoms with Gasteiger partial charge in [0.05, 0.1) is 34.3 Å². The number of benzene rings is 1. The average molecular weight is 602 g/mol. The molecule has 42 heavy (non-hydrogen) atoms. The third kappa shape index (κ3) is 9.24. The molecular weight excluding hydrogens is 554 g/mol. The number of nitrogens with zero attached hydrogens (tertiary/aromatic N) is 2. The lowest BCUT2D eigenvalue weighted by Crippen LogP contribution is -2.57. The molecule has 1 aliphatic heterocycles. The maximum Gasteiger partial charge on any atom is 0.407 e. The molecule has 2 aromatic rings. The Morgan fingerprint density at radius 1 is 1.12 bits per heavy atom. The summed E-state index contributed by atoms with van der Waals surface area (Å²) in [7, 11) is 0. The first-order chi connectivity index (χ1) is 19.6. The molecule has 2 heterocycles. The number of β-amino-alcohol motifs (C(OH)–C–C–N with tert-alkyl or cyclic N) is 1. The van der Waals surface area contributed by atoms with Gasteiger partial charge < -0.3 is 30.7 Å². The zero-order valence-electron chi connectivity index (χ0n) is 26.1. The van der Waals surface area contributed by atoms with Crippen LogP contribution in [0, 0.1) is 12.3 Å². The van der Waals surface area contributed by atoms with Crippen LogP contribution in [-0.4, -0.2) is 76.3 Å². The van der Waals surface area contributed by atoms with Gasteiger partial charge in [-0.2, -0.15) is 0 Å². The van der Waals surface area contributed by atoms with Gasteiger partial charge in [-0.3, -0.25) is 9.59 Å². The number of carbonyl (C=O) groups is 3. The van der Waals surface area contributed by atoms with Crippen molar-refractivity contribution >= 4 is 29.2 Å². The number of carbonyl (C=O) groups excluding carboxylic acids is 3. The van der Waals surface area contributed by atoms with E-state index in [-0.39, 0.29) is 30.8 Å². The Morgan fingerprint density at radius 2 is 1.79 bits per heavy atom. The fraction of sp³-hybridized carbons (Fsp3) is 0.613. The Labute approximate surface area is 253 Å². The predicted octanol–water partition coefficient (Wildman–Crippen LogP) is 4.18. The van der Waals surface area contributed by atoms with Gasteiger partial charge in [0, 0.05) is 19.5 Å². The topological polar surface area (TPSA) is 133 Å². The van der Waals surface area contributed by atoms with Gasteiger partial charge in [0.15, 0.2) is 0 Å². The van der Waals surface area contributed by atoms with Crippen molar-refractivity contribution in [1.82, 2.24) is 25.8 Å². The van der Waals surface area contributed by atoms with Crippen LogP contribution in [0.5, 0.6) is 0 Å². The highest BCUT2D eigenvalue weighted by atomic mass is 32.1. The summed E-state index contributed by atoms with van der Waals surface area (Å²) in [4.78, 5) is 46.1. The molecule has 0 saturated carbocycles. The Kier molecular flexibility index (Phi) is 11.1. The first-order valence-corrected chi connectivity index (χ1v) is 15.4. The largest absolute Gasteiger partial charge is 0.444 e. The maximum absolute atomic E-state index is 13.8. The van der Waals surface area contributed by atoms with Gasteiger partial charge in [0.1, 0.15) is 11.6 Å². The number of aliphatic hydroxyl groups excluding tert-OH is 1. The van der Waals surface area contributed by atoms with Crippen molar-refractivity contribution in [3.8, 4) is 10.4 Å². The molecule has 0 unspecified atom stereocenters. The van der Waals surface area contributed by atoms with Crippen LogP contribution < -0.4 is 16.0 Å². The smallest absolute Gasteiger partial charge is 0.407 e. The number of nitrogens with one attached hydrogen (secondary N) is 3. The van der Waals surface area contributed by atoms with E-state index in [1.165, 1.54) is 4.90 Å². The zero-order chi connectivity index (χ0) is 31.2. The quantitative estimate of drug-likeness (QED) is 0.301. The number of rotatable bonds is 10. The minimum Gasteiger partial charge on any atom is -0.444 e. The normalized spacial score (nSPS) is 18.8. The predicted molar refractivity (Wildman–Crippen MR) is 165 cm³/mol. The number of amides is 3. The summed E-state index contributed by atoms with van der Waals surface area (Å²) in [5, 5.41) is 19.6. The first kappa shape index (κ1) is 33.5. The summed E-state index contributed by atoms with van der Waals surface area (Å²) in [6.07, 6.45) is -0.485. The fourth-order valence-corrected chi connectivity index (χ4v) is 5.78. The second kappa shape index (κ2) is 14.0. The summed E-state index contributed by atoms with van der Waals surface area (Å²) in [5.41, 5.74) is 3.82. The van der Waals surface area contributed by atoms with Crippen LogP contribution in [0.1, 0.15) is 78.6 Å². The van der Waals surface area contributed by atoms with Crippen LogP contribution in [-0.2, 0) is 14.3 Å². The Balaban J connectivity index is 1.60. The second-order valence-electron chi connectivity index (χ2n) is 13.1. The van der Waals surface area contributed by atoms with E-state index in [1.807, 2.05) is 64.4 Å². The summed E-state index contributed by atoms with van der Waals surface area (Å²) in [6.45, 7) is 16.2. The van der Waals surface area contributed by atoms with Crippen LogP contribution in [0.25, 0.3) is 10.4 Å². The Bertz CT molecular complexity index is 1220. The molecule has 10 nitrogen and oxygen atoms in total. The number of thiazole rings is 1. The maximum atomic E-state index is 13.8. The molecule has 1 saturated heterocycles. The van der Waals surface area contributed by atoms with Gasteiger partial charge in [0.2, 0.25) is 11.8 Å². The van der Waals surface area contributed by atoms with E-state index in [2.05, 4.69) is 20.9 Å². The highest BCUT2D eigenvalue weighted by Crippen LogP contribution is 2.29. The van der Waals surface area contributed by atoms with Gasteiger partial charge in [-0.25, -0.2) is 9.78 Å². The number of aryl methyl sites for hydroxylation is 1. The van der Waals surface area contributed by atoms with Crippen molar-refractivity contribution < 1.29 is 24.2 Å². The molecule has 11 heteroatoms.